The summed E-state index contributed by atoms with van der Waals surface area (Å²) < 4.78 is 0. The van der Waals surface area contributed by atoms with Crippen molar-refractivity contribution in [2.75, 3.05) is 11.9 Å². The van der Waals surface area contributed by atoms with Crippen LogP contribution < -0.4 is 11.1 Å². The van der Waals surface area contributed by atoms with Crippen molar-refractivity contribution in [1.82, 2.24) is 15.0 Å². The lowest BCUT2D eigenvalue weighted by Crippen LogP contribution is -2.23. The average molecular weight is 381 g/mol. The molecule has 1 aliphatic rings. The van der Waals surface area contributed by atoms with E-state index in [1.807, 2.05) is 30.5 Å². The number of benzene rings is 2. The Bertz CT molecular complexity index is 1140. The van der Waals surface area contributed by atoms with Gasteiger partial charge in [-0.15, -0.1) is 0 Å². The maximum Gasteiger partial charge on any atom is 0.138 e. The summed E-state index contributed by atoms with van der Waals surface area (Å²) >= 11 is 0. The number of hydrogen-bond acceptors (Lipinski definition) is 5. The Morgan fingerprint density at radius 3 is 2.45 bits per heavy atom. The molecule has 4 aromatic rings. The summed E-state index contributed by atoms with van der Waals surface area (Å²) in [5, 5.41) is 4.56. The van der Waals surface area contributed by atoms with E-state index in [4.69, 9.17) is 15.7 Å². The third-order valence-corrected chi connectivity index (χ3v) is 5.69. The molecule has 0 spiro atoms. The minimum absolute atomic E-state index is 0.0711. The number of nitrogens with one attached hydrogen (secondary N) is 1. The second-order valence-electron chi connectivity index (χ2n) is 7.62. The van der Waals surface area contributed by atoms with Crippen molar-refractivity contribution < 1.29 is 0 Å². The SMILES string of the molecule is NCC1(c2nc(NCc3ccccn3)c3c(-c4ccccc4)cccc3n2)CC1. The Labute approximate surface area is 170 Å². The first kappa shape index (κ1) is 17.8. The lowest BCUT2D eigenvalue weighted by Gasteiger charge is -2.17. The summed E-state index contributed by atoms with van der Waals surface area (Å²) in [5.41, 5.74) is 10.2. The second kappa shape index (κ2) is 7.26. The number of nitrogens with two attached hydrogens (primary N) is 1. The third kappa shape index (κ3) is 3.34. The smallest absolute Gasteiger partial charge is 0.138 e. The van der Waals surface area contributed by atoms with Crippen LogP contribution in [0.15, 0.2) is 72.9 Å². The first-order chi connectivity index (χ1) is 14.3. The van der Waals surface area contributed by atoms with Gasteiger partial charge in [0.1, 0.15) is 11.6 Å². The van der Waals surface area contributed by atoms with E-state index >= 15 is 0 Å². The fraction of sp³-hybridized carbons (Fsp3) is 0.208. The molecule has 144 valence electrons. The number of rotatable bonds is 6. The highest BCUT2D eigenvalue weighted by Crippen LogP contribution is 2.47. The van der Waals surface area contributed by atoms with E-state index in [1.165, 1.54) is 0 Å². The highest BCUT2D eigenvalue weighted by molar-refractivity contribution is 6.01. The van der Waals surface area contributed by atoms with Crippen molar-refractivity contribution in [2.45, 2.75) is 24.8 Å². The zero-order valence-electron chi connectivity index (χ0n) is 16.2. The van der Waals surface area contributed by atoms with Crippen LogP contribution in [0.3, 0.4) is 0 Å². The van der Waals surface area contributed by atoms with Gasteiger partial charge in [0, 0.05) is 18.2 Å². The minimum atomic E-state index is -0.0711. The molecule has 5 nitrogen and oxygen atoms in total. The van der Waals surface area contributed by atoms with Crippen LogP contribution in [0.5, 0.6) is 0 Å². The molecule has 3 N–H and O–H groups in total. The molecule has 5 rings (SSSR count). The first-order valence-electron chi connectivity index (χ1n) is 10.00. The summed E-state index contributed by atoms with van der Waals surface area (Å²) in [6.07, 6.45) is 3.91. The molecule has 0 unspecified atom stereocenters. The van der Waals surface area contributed by atoms with Gasteiger partial charge in [-0.3, -0.25) is 4.98 Å². The predicted molar refractivity (Wildman–Crippen MR) is 117 cm³/mol. The van der Waals surface area contributed by atoms with Crippen LogP contribution >= 0.6 is 0 Å². The largest absolute Gasteiger partial charge is 0.364 e. The molecule has 0 amide bonds. The van der Waals surface area contributed by atoms with Crippen LogP contribution in [0.1, 0.15) is 24.4 Å². The van der Waals surface area contributed by atoms with Crippen molar-refractivity contribution in [2.24, 2.45) is 5.73 Å². The van der Waals surface area contributed by atoms with Gasteiger partial charge in [0.15, 0.2) is 0 Å². The molecule has 0 bridgehead atoms. The van der Waals surface area contributed by atoms with Crippen LogP contribution in [0.4, 0.5) is 5.82 Å². The van der Waals surface area contributed by atoms with Gasteiger partial charge in [-0.05, 0) is 42.2 Å². The van der Waals surface area contributed by atoms with Crippen LogP contribution in [0.25, 0.3) is 22.0 Å². The van der Waals surface area contributed by atoms with Crippen molar-refractivity contribution in [3.8, 4) is 11.1 Å². The summed E-state index contributed by atoms with van der Waals surface area (Å²) in [5.74, 6) is 1.69. The average Bonchev–Trinajstić information content (AvgIpc) is 3.59. The molecule has 0 radical (unpaired) electrons. The third-order valence-electron chi connectivity index (χ3n) is 5.69. The molecule has 5 heteroatoms. The second-order valence-corrected chi connectivity index (χ2v) is 7.62. The standard InChI is InChI=1S/C24H23N5/c25-16-24(12-13-24)23-28-20-11-6-10-19(17-7-2-1-3-8-17)21(20)22(29-23)27-15-18-9-4-5-14-26-18/h1-11,14H,12-13,15-16,25H2,(H,27,28,29). The molecule has 1 fully saturated rings. The Morgan fingerprint density at radius 2 is 1.72 bits per heavy atom. The van der Waals surface area contributed by atoms with Gasteiger partial charge < -0.3 is 11.1 Å². The van der Waals surface area contributed by atoms with Crippen molar-refractivity contribution >= 4 is 16.7 Å². The van der Waals surface area contributed by atoms with Crippen LogP contribution in [-0.4, -0.2) is 21.5 Å². The Kier molecular flexibility index (Phi) is 4.45. The maximum atomic E-state index is 6.07. The summed E-state index contributed by atoms with van der Waals surface area (Å²) in [7, 11) is 0. The molecule has 0 aliphatic heterocycles. The normalized spacial score (nSPS) is 14.7. The molecular formula is C24H23N5. The Morgan fingerprint density at radius 1 is 0.897 bits per heavy atom. The highest BCUT2D eigenvalue weighted by atomic mass is 15.1. The predicted octanol–water partition coefficient (Wildman–Crippen LogP) is 4.29. The molecule has 0 saturated heterocycles. The maximum absolute atomic E-state index is 6.07. The van der Waals surface area contributed by atoms with Crippen molar-refractivity contribution in [3.63, 3.8) is 0 Å². The van der Waals surface area contributed by atoms with E-state index in [1.54, 1.807) is 0 Å². The van der Waals surface area contributed by atoms with Gasteiger partial charge in [-0.1, -0.05) is 48.5 Å². The monoisotopic (exact) mass is 381 g/mol. The number of aromatic nitrogens is 3. The summed E-state index contributed by atoms with van der Waals surface area (Å²) in [6.45, 7) is 1.18. The molecule has 1 saturated carbocycles. The minimum Gasteiger partial charge on any atom is -0.364 e. The van der Waals surface area contributed by atoms with Gasteiger partial charge in [-0.2, -0.15) is 0 Å². The fourth-order valence-corrected chi connectivity index (χ4v) is 3.75. The summed E-state index contributed by atoms with van der Waals surface area (Å²) in [6, 6.07) is 22.6. The quantitative estimate of drug-likeness (QED) is 0.521. The molecule has 2 aromatic carbocycles. The van der Waals surface area contributed by atoms with Crippen LogP contribution in [0, 0.1) is 0 Å². The first-order valence-corrected chi connectivity index (χ1v) is 10.00. The number of fused-ring (bicyclic) bond motifs is 1. The van der Waals surface area contributed by atoms with Crippen LogP contribution in [-0.2, 0) is 12.0 Å². The van der Waals surface area contributed by atoms with E-state index in [9.17, 15) is 0 Å². The molecule has 1 aliphatic carbocycles. The van der Waals surface area contributed by atoms with Gasteiger partial charge in [0.05, 0.1) is 23.1 Å². The highest BCUT2D eigenvalue weighted by Gasteiger charge is 2.46. The number of anilines is 1. The van der Waals surface area contributed by atoms with Crippen LogP contribution in [0.2, 0.25) is 0 Å². The van der Waals surface area contributed by atoms with Gasteiger partial charge >= 0.3 is 0 Å². The zero-order valence-corrected chi connectivity index (χ0v) is 16.2. The lowest BCUT2D eigenvalue weighted by molar-refractivity contribution is 0.653. The van der Waals surface area contributed by atoms with E-state index in [-0.39, 0.29) is 5.41 Å². The van der Waals surface area contributed by atoms with E-state index in [0.717, 1.165) is 52.2 Å². The van der Waals surface area contributed by atoms with Gasteiger partial charge in [-0.25, -0.2) is 9.97 Å². The Balaban J connectivity index is 1.66. The number of hydrogen-bond donors (Lipinski definition) is 2. The Hall–Kier alpha value is -3.31. The molecule has 0 atom stereocenters. The van der Waals surface area contributed by atoms with Crippen molar-refractivity contribution in [1.29, 1.82) is 0 Å². The zero-order chi connectivity index (χ0) is 19.7. The lowest BCUT2D eigenvalue weighted by atomic mass is 10.00. The molecule has 2 aromatic heterocycles. The number of nitrogens with zero attached hydrogens (tertiary/aromatic N) is 3. The fourth-order valence-electron chi connectivity index (χ4n) is 3.75. The van der Waals surface area contributed by atoms with Crippen molar-refractivity contribution in [3.05, 3.63) is 84.4 Å². The van der Waals surface area contributed by atoms with Gasteiger partial charge in [0.2, 0.25) is 0 Å². The van der Waals surface area contributed by atoms with E-state index in [0.29, 0.717) is 13.1 Å². The molecular weight excluding hydrogens is 358 g/mol. The van der Waals surface area contributed by atoms with E-state index in [2.05, 4.69) is 52.8 Å². The topological polar surface area (TPSA) is 76.7 Å². The van der Waals surface area contributed by atoms with Gasteiger partial charge in [0.25, 0.3) is 0 Å². The molecule has 29 heavy (non-hydrogen) atoms. The van der Waals surface area contributed by atoms with E-state index < -0.39 is 0 Å². The molecule has 2 heterocycles. The number of pyridine rings is 1. The summed E-state index contributed by atoms with van der Waals surface area (Å²) in [4.78, 5) is 14.3.